The van der Waals surface area contributed by atoms with Crippen molar-refractivity contribution in [3.63, 3.8) is 0 Å². The topological polar surface area (TPSA) is 125 Å². The highest BCUT2D eigenvalue weighted by Crippen LogP contribution is 2.16. The van der Waals surface area contributed by atoms with Crippen LogP contribution in [0.1, 0.15) is 0 Å². The van der Waals surface area contributed by atoms with Crippen molar-refractivity contribution in [2.24, 2.45) is 0 Å². The number of ether oxygens (including phenoxy) is 1. The molecule has 0 fully saturated rings. The summed E-state index contributed by atoms with van der Waals surface area (Å²) in [5, 5.41) is 8.48. The Bertz CT molecular complexity index is 496. The monoisotopic (exact) mass is 224 g/mol. The van der Waals surface area contributed by atoms with Gasteiger partial charge in [0.15, 0.2) is 11.5 Å². The maximum Gasteiger partial charge on any atom is 0.224 e. The Morgan fingerprint density at radius 2 is 2.19 bits per heavy atom. The van der Waals surface area contributed by atoms with Gasteiger partial charge in [-0.05, 0) is 0 Å². The summed E-state index contributed by atoms with van der Waals surface area (Å²) in [4.78, 5) is 11.9. The third-order valence-electron chi connectivity index (χ3n) is 2.08. The zero-order valence-electron chi connectivity index (χ0n) is 8.50. The summed E-state index contributed by atoms with van der Waals surface area (Å²) in [6, 6.07) is 0. The summed E-state index contributed by atoms with van der Waals surface area (Å²) in [5.41, 5.74) is 12.2. The minimum Gasteiger partial charge on any atom is -0.382 e. The summed E-state index contributed by atoms with van der Waals surface area (Å²) in [6.07, 6.45) is 1.58. The highest BCUT2D eigenvalue weighted by molar-refractivity contribution is 5.82. The highest BCUT2D eigenvalue weighted by atomic mass is 16.6. The van der Waals surface area contributed by atoms with E-state index in [4.69, 9.17) is 21.3 Å². The van der Waals surface area contributed by atoms with Crippen molar-refractivity contribution in [3.05, 3.63) is 6.33 Å². The van der Waals surface area contributed by atoms with Gasteiger partial charge in [0.1, 0.15) is 12.3 Å². The molecule has 0 spiro atoms. The van der Waals surface area contributed by atoms with E-state index in [1.54, 1.807) is 10.9 Å². The fourth-order valence-electron chi connectivity index (χ4n) is 1.37. The van der Waals surface area contributed by atoms with E-state index >= 15 is 0 Å². The smallest absolute Gasteiger partial charge is 0.224 e. The number of rotatable bonds is 4. The molecule has 0 bridgehead atoms. The second-order valence-electron chi connectivity index (χ2n) is 3.11. The van der Waals surface area contributed by atoms with Crippen molar-refractivity contribution in [1.82, 2.24) is 19.5 Å². The molecule has 2 aromatic heterocycles. The lowest BCUT2D eigenvalue weighted by atomic mass is 10.5. The summed E-state index contributed by atoms with van der Waals surface area (Å²) in [7, 11) is 0. The molecule has 0 aromatic carbocycles. The van der Waals surface area contributed by atoms with Crippen molar-refractivity contribution in [2.45, 2.75) is 6.54 Å². The number of aliphatic hydroxyl groups excluding tert-OH is 1. The number of hydrogen-bond donors (Lipinski definition) is 3. The van der Waals surface area contributed by atoms with Crippen molar-refractivity contribution >= 4 is 22.9 Å². The first kappa shape index (κ1) is 10.6. The van der Waals surface area contributed by atoms with Crippen LogP contribution >= 0.6 is 0 Å². The third kappa shape index (κ3) is 1.88. The highest BCUT2D eigenvalue weighted by Gasteiger charge is 2.09. The van der Waals surface area contributed by atoms with E-state index in [0.29, 0.717) is 24.3 Å². The van der Waals surface area contributed by atoms with Crippen LogP contribution in [0.4, 0.5) is 11.8 Å². The average Bonchev–Trinajstić information content (AvgIpc) is 2.62. The lowest BCUT2D eigenvalue weighted by Gasteiger charge is -2.03. The first-order valence-electron chi connectivity index (χ1n) is 4.65. The molecular weight excluding hydrogens is 212 g/mol. The largest absolute Gasteiger partial charge is 0.382 e. The second kappa shape index (κ2) is 4.29. The number of fused-ring (bicyclic) bond motifs is 1. The molecule has 0 saturated carbocycles. The van der Waals surface area contributed by atoms with Crippen LogP contribution in [0.3, 0.4) is 0 Å². The first-order chi connectivity index (χ1) is 7.72. The fraction of sp³-hybridized carbons (Fsp3) is 0.375. The van der Waals surface area contributed by atoms with Crippen LogP contribution in [0, 0.1) is 0 Å². The van der Waals surface area contributed by atoms with Gasteiger partial charge in [-0.3, -0.25) is 0 Å². The standard InChI is InChI=1S/C8H12N6O2/c9-6-5-7(13-8(10)12-6)14(3-11-5)1-2-16-4-15/h3,15H,1-2,4H2,(H4,9,10,12,13). The number of nitrogens with zero attached hydrogens (tertiary/aromatic N) is 4. The lowest BCUT2D eigenvalue weighted by Crippen LogP contribution is -2.07. The van der Waals surface area contributed by atoms with E-state index in [1.807, 2.05) is 0 Å². The van der Waals surface area contributed by atoms with Gasteiger partial charge in [-0.25, -0.2) is 4.98 Å². The molecule has 0 amide bonds. The van der Waals surface area contributed by atoms with Gasteiger partial charge in [0.25, 0.3) is 0 Å². The molecule has 86 valence electrons. The molecule has 0 aliphatic heterocycles. The van der Waals surface area contributed by atoms with Gasteiger partial charge in [0.05, 0.1) is 12.9 Å². The number of aromatic nitrogens is 4. The molecule has 0 aliphatic carbocycles. The summed E-state index contributed by atoms with van der Waals surface area (Å²) in [5.74, 6) is 0.360. The Morgan fingerprint density at radius 3 is 2.94 bits per heavy atom. The maximum atomic E-state index is 8.48. The Morgan fingerprint density at radius 1 is 1.38 bits per heavy atom. The normalized spacial score (nSPS) is 11.1. The number of nitrogen functional groups attached to an aromatic ring is 2. The fourth-order valence-corrected chi connectivity index (χ4v) is 1.37. The Hall–Kier alpha value is -1.93. The van der Waals surface area contributed by atoms with Crippen LogP contribution < -0.4 is 11.5 Å². The molecule has 2 rings (SSSR count). The van der Waals surface area contributed by atoms with Crippen molar-refractivity contribution in [3.8, 4) is 0 Å². The van der Waals surface area contributed by atoms with Crippen LogP contribution in [0.5, 0.6) is 0 Å². The number of aliphatic hydroxyl groups is 1. The predicted molar refractivity (Wildman–Crippen MR) is 57.2 cm³/mol. The van der Waals surface area contributed by atoms with Gasteiger partial charge in [-0.2, -0.15) is 9.97 Å². The lowest BCUT2D eigenvalue weighted by molar-refractivity contribution is -0.00432. The minimum absolute atomic E-state index is 0.106. The molecule has 0 unspecified atom stereocenters. The molecule has 2 heterocycles. The van der Waals surface area contributed by atoms with E-state index in [2.05, 4.69) is 15.0 Å². The quantitative estimate of drug-likeness (QED) is 0.447. The number of anilines is 2. The van der Waals surface area contributed by atoms with Crippen molar-refractivity contribution in [2.75, 3.05) is 24.9 Å². The second-order valence-corrected chi connectivity index (χ2v) is 3.11. The molecular formula is C8H12N6O2. The Kier molecular flexibility index (Phi) is 2.84. The van der Waals surface area contributed by atoms with E-state index < -0.39 is 0 Å². The number of imidazole rings is 1. The van der Waals surface area contributed by atoms with Gasteiger partial charge >= 0.3 is 0 Å². The van der Waals surface area contributed by atoms with Crippen molar-refractivity contribution in [1.29, 1.82) is 0 Å². The minimum atomic E-state index is -0.314. The van der Waals surface area contributed by atoms with Crippen LogP contribution in [0.15, 0.2) is 6.33 Å². The number of hydrogen-bond acceptors (Lipinski definition) is 7. The van der Waals surface area contributed by atoms with Gasteiger partial charge in [0.2, 0.25) is 5.95 Å². The van der Waals surface area contributed by atoms with Gasteiger partial charge < -0.3 is 25.9 Å². The maximum absolute atomic E-state index is 8.48. The van der Waals surface area contributed by atoms with Crippen LogP contribution in [-0.2, 0) is 11.3 Å². The number of nitrogens with two attached hydrogens (primary N) is 2. The first-order valence-corrected chi connectivity index (χ1v) is 4.65. The zero-order valence-corrected chi connectivity index (χ0v) is 8.50. The van der Waals surface area contributed by atoms with Crippen LogP contribution in [-0.4, -0.2) is 38.0 Å². The van der Waals surface area contributed by atoms with E-state index in [9.17, 15) is 0 Å². The van der Waals surface area contributed by atoms with Gasteiger partial charge in [-0.1, -0.05) is 0 Å². The van der Waals surface area contributed by atoms with Gasteiger partial charge in [0, 0.05) is 6.54 Å². The van der Waals surface area contributed by atoms with Gasteiger partial charge in [-0.15, -0.1) is 0 Å². The zero-order chi connectivity index (χ0) is 11.5. The third-order valence-corrected chi connectivity index (χ3v) is 2.08. The summed E-state index contributed by atoms with van der Waals surface area (Å²) < 4.78 is 6.55. The molecule has 0 radical (unpaired) electrons. The molecule has 5 N–H and O–H groups in total. The molecule has 2 aromatic rings. The average molecular weight is 224 g/mol. The molecule has 0 saturated heterocycles. The molecule has 8 nitrogen and oxygen atoms in total. The van der Waals surface area contributed by atoms with E-state index in [1.165, 1.54) is 0 Å². The van der Waals surface area contributed by atoms with Crippen molar-refractivity contribution < 1.29 is 9.84 Å². The van der Waals surface area contributed by atoms with Crippen LogP contribution in [0.2, 0.25) is 0 Å². The van der Waals surface area contributed by atoms with E-state index in [0.717, 1.165) is 0 Å². The summed E-state index contributed by atoms with van der Waals surface area (Å²) >= 11 is 0. The van der Waals surface area contributed by atoms with Crippen LogP contribution in [0.25, 0.3) is 11.2 Å². The summed E-state index contributed by atoms with van der Waals surface area (Å²) in [6.45, 7) is 0.546. The predicted octanol–water partition coefficient (Wildman–Crippen LogP) is -1.04. The molecule has 0 atom stereocenters. The molecule has 8 heteroatoms. The Labute approximate surface area is 90.9 Å². The molecule has 16 heavy (non-hydrogen) atoms. The Balaban J connectivity index is 2.32. The SMILES string of the molecule is Nc1nc(N)c2ncn(CCOCO)c2n1. The molecule has 0 aliphatic rings. The van der Waals surface area contributed by atoms with E-state index in [-0.39, 0.29) is 18.6 Å².